The highest BCUT2D eigenvalue weighted by Crippen LogP contribution is 2.25. The van der Waals surface area contributed by atoms with Crippen LogP contribution in [0.15, 0.2) is 53.4 Å². The number of aryl methyl sites for hydroxylation is 1. The van der Waals surface area contributed by atoms with Gasteiger partial charge in [0.1, 0.15) is 0 Å². The predicted octanol–water partition coefficient (Wildman–Crippen LogP) is 3.93. The fourth-order valence-electron chi connectivity index (χ4n) is 3.40. The average molecular weight is 421 g/mol. The van der Waals surface area contributed by atoms with Crippen LogP contribution in [0.3, 0.4) is 0 Å². The second kappa shape index (κ2) is 8.64. The number of nitrogens with one attached hydrogen (secondary N) is 1. The molecule has 0 aliphatic carbocycles. The summed E-state index contributed by atoms with van der Waals surface area (Å²) < 4.78 is 27.2. The van der Waals surface area contributed by atoms with Crippen LogP contribution in [-0.4, -0.2) is 31.7 Å². The Hall–Kier alpha value is -1.89. The van der Waals surface area contributed by atoms with E-state index in [1.165, 1.54) is 16.4 Å². The molecule has 5 nitrogen and oxygen atoms in total. The second-order valence-electron chi connectivity index (χ2n) is 7.30. The molecular formula is C21H25ClN2O3S. The highest BCUT2D eigenvalue weighted by atomic mass is 35.5. The highest BCUT2D eigenvalue weighted by Gasteiger charge is 2.33. The molecule has 1 N–H and O–H groups in total. The van der Waals surface area contributed by atoms with Gasteiger partial charge in [0.15, 0.2) is 0 Å². The quantitative estimate of drug-likeness (QED) is 0.796. The van der Waals surface area contributed by atoms with Gasteiger partial charge >= 0.3 is 0 Å². The fourth-order valence-corrected chi connectivity index (χ4v) is 5.05. The van der Waals surface area contributed by atoms with Gasteiger partial charge in [0.05, 0.1) is 16.9 Å². The molecular weight excluding hydrogens is 396 g/mol. The number of hydrogen-bond acceptors (Lipinski definition) is 3. The van der Waals surface area contributed by atoms with E-state index in [9.17, 15) is 13.2 Å². The van der Waals surface area contributed by atoms with Gasteiger partial charge in [0.2, 0.25) is 15.9 Å². The lowest BCUT2D eigenvalue weighted by atomic mass is 9.97. The minimum absolute atomic E-state index is 0.107. The van der Waals surface area contributed by atoms with Crippen LogP contribution in [-0.2, 0) is 14.8 Å². The van der Waals surface area contributed by atoms with Crippen molar-refractivity contribution in [2.45, 2.75) is 37.6 Å². The number of carbonyl (C=O) groups excluding carboxylic acids is 1. The summed E-state index contributed by atoms with van der Waals surface area (Å²) in [4.78, 5) is 13.0. The summed E-state index contributed by atoms with van der Waals surface area (Å²) in [6.07, 6.45) is 1.34. The molecule has 7 heteroatoms. The van der Waals surface area contributed by atoms with Gasteiger partial charge < -0.3 is 5.32 Å². The fraction of sp³-hybridized carbons (Fsp3) is 0.381. The van der Waals surface area contributed by atoms with E-state index >= 15 is 0 Å². The van der Waals surface area contributed by atoms with Crippen LogP contribution in [0.2, 0.25) is 5.02 Å². The second-order valence-corrected chi connectivity index (χ2v) is 9.67. The maximum absolute atomic E-state index is 12.9. The van der Waals surface area contributed by atoms with Crippen molar-refractivity contribution in [2.24, 2.45) is 5.92 Å². The largest absolute Gasteiger partial charge is 0.349 e. The summed E-state index contributed by atoms with van der Waals surface area (Å²) in [6.45, 7) is 4.57. The van der Waals surface area contributed by atoms with Gasteiger partial charge in [-0.05, 0) is 56.5 Å². The Morgan fingerprint density at radius 3 is 2.43 bits per heavy atom. The first kappa shape index (κ1) is 20.8. The van der Waals surface area contributed by atoms with Crippen molar-refractivity contribution in [1.29, 1.82) is 0 Å². The third-order valence-corrected chi connectivity index (χ3v) is 7.27. The van der Waals surface area contributed by atoms with E-state index in [2.05, 4.69) is 5.32 Å². The molecule has 0 saturated carbocycles. The van der Waals surface area contributed by atoms with Gasteiger partial charge in [-0.15, -0.1) is 0 Å². The molecule has 1 amide bonds. The summed E-state index contributed by atoms with van der Waals surface area (Å²) in [7, 11) is -3.64. The highest BCUT2D eigenvalue weighted by molar-refractivity contribution is 7.89. The lowest BCUT2D eigenvalue weighted by Gasteiger charge is -2.32. The van der Waals surface area contributed by atoms with Gasteiger partial charge in [-0.3, -0.25) is 4.79 Å². The first-order valence-electron chi connectivity index (χ1n) is 9.40. The topological polar surface area (TPSA) is 66.5 Å². The van der Waals surface area contributed by atoms with Gasteiger partial charge in [0.25, 0.3) is 0 Å². The van der Waals surface area contributed by atoms with Crippen molar-refractivity contribution in [3.63, 3.8) is 0 Å². The molecule has 3 rings (SSSR count). The number of sulfonamides is 1. The van der Waals surface area contributed by atoms with E-state index in [1.54, 1.807) is 12.1 Å². The van der Waals surface area contributed by atoms with E-state index in [0.717, 1.165) is 11.1 Å². The molecule has 1 heterocycles. The zero-order valence-corrected chi connectivity index (χ0v) is 17.6. The number of carbonyl (C=O) groups is 1. The van der Waals surface area contributed by atoms with Crippen molar-refractivity contribution < 1.29 is 13.2 Å². The Kier molecular flexibility index (Phi) is 6.43. The Balaban J connectivity index is 1.67. The molecule has 1 fully saturated rings. The maximum Gasteiger partial charge on any atom is 0.243 e. The molecule has 0 bridgehead atoms. The van der Waals surface area contributed by atoms with Crippen LogP contribution in [0, 0.1) is 12.8 Å². The van der Waals surface area contributed by atoms with E-state index in [4.69, 9.17) is 11.6 Å². The Labute approximate surface area is 171 Å². The molecule has 150 valence electrons. The van der Waals surface area contributed by atoms with E-state index in [1.807, 2.05) is 38.1 Å². The average Bonchev–Trinajstić information content (AvgIpc) is 2.69. The molecule has 0 spiro atoms. The van der Waals surface area contributed by atoms with Crippen LogP contribution in [0.1, 0.15) is 36.9 Å². The van der Waals surface area contributed by atoms with Crippen molar-refractivity contribution in [3.8, 4) is 0 Å². The van der Waals surface area contributed by atoms with Gasteiger partial charge in [-0.25, -0.2) is 8.42 Å². The normalized spacial score (nSPS) is 19.2. The first-order valence-corrected chi connectivity index (χ1v) is 11.2. The lowest BCUT2D eigenvalue weighted by molar-refractivity contribution is -0.126. The molecule has 1 aliphatic rings. The molecule has 2 atom stereocenters. The molecule has 1 saturated heterocycles. The van der Waals surface area contributed by atoms with Crippen molar-refractivity contribution in [3.05, 3.63) is 64.7 Å². The van der Waals surface area contributed by atoms with Gasteiger partial charge in [0, 0.05) is 18.1 Å². The van der Waals surface area contributed by atoms with Crippen LogP contribution >= 0.6 is 11.6 Å². The number of benzene rings is 2. The third-order valence-electron chi connectivity index (χ3n) is 5.14. The van der Waals surface area contributed by atoms with Gasteiger partial charge in [-0.2, -0.15) is 4.31 Å². The zero-order valence-electron chi connectivity index (χ0n) is 16.1. The molecule has 0 radical (unpaired) electrons. The van der Waals surface area contributed by atoms with Crippen LogP contribution < -0.4 is 5.32 Å². The standard InChI is InChI=1S/C21H25ClN2O3S/c1-15-5-7-17(8-6-15)16(2)23-21(25)18-4-3-13-24(14-18)28(26,27)20-11-9-19(22)10-12-20/h5-12,16,18H,3-4,13-14H2,1-2H3,(H,23,25)/t16-,18+/m0/s1. The molecule has 1 aliphatic heterocycles. The number of rotatable bonds is 5. The minimum atomic E-state index is -3.64. The Bertz CT molecular complexity index is 927. The Morgan fingerprint density at radius 1 is 1.14 bits per heavy atom. The molecule has 0 unspecified atom stereocenters. The van der Waals surface area contributed by atoms with E-state index < -0.39 is 10.0 Å². The Morgan fingerprint density at radius 2 is 1.79 bits per heavy atom. The lowest BCUT2D eigenvalue weighted by Crippen LogP contribution is -2.45. The molecule has 0 aromatic heterocycles. The number of piperidine rings is 1. The monoisotopic (exact) mass is 420 g/mol. The smallest absolute Gasteiger partial charge is 0.243 e. The maximum atomic E-state index is 12.9. The van der Waals surface area contributed by atoms with Gasteiger partial charge in [-0.1, -0.05) is 41.4 Å². The van der Waals surface area contributed by atoms with E-state index in [-0.39, 0.29) is 29.3 Å². The number of amides is 1. The third kappa shape index (κ3) is 4.74. The van der Waals surface area contributed by atoms with Crippen molar-refractivity contribution in [1.82, 2.24) is 9.62 Å². The number of hydrogen-bond donors (Lipinski definition) is 1. The molecule has 2 aromatic carbocycles. The first-order chi connectivity index (χ1) is 13.3. The summed E-state index contributed by atoms with van der Waals surface area (Å²) in [5.41, 5.74) is 2.19. The van der Waals surface area contributed by atoms with Crippen LogP contribution in [0.4, 0.5) is 0 Å². The number of nitrogens with zero attached hydrogens (tertiary/aromatic N) is 1. The number of halogens is 1. The van der Waals surface area contributed by atoms with Crippen molar-refractivity contribution in [2.75, 3.05) is 13.1 Å². The predicted molar refractivity (Wildman–Crippen MR) is 111 cm³/mol. The van der Waals surface area contributed by atoms with Crippen LogP contribution in [0.25, 0.3) is 0 Å². The summed E-state index contributed by atoms with van der Waals surface area (Å²) in [5.74, 6) is -0.465. The van der Waals surface area contributed by atoms with Crippen molar-refractivity contribution >= 4 is 27.5 Å². The SMILES string of the molecule is Cc1ccc([C@H](C)NC(=O)[C@@H]2CCCN(S(=O)(=O)c3ccc(Cl)cc3)C2)cc1. The summed E-state index contributed by atoms with van der Waals surface area (Å²) in [5, 5.41) is 3.51. The molecule has 2 aromatic rings. The van der Waals surface area contributed by atoms with E-state index in [0.29, 0.717) is 24.4 Å². The molecule has 28 heavy (non-hydrogen) atoms. The zero-order chi connectivity index (χ0) is 20.3. The summed E-state index contributed by atoms with van der Waals surface area (Å²) >= 11 is 5.86. The summed E-state index contributed by atoms with van der Waals surface area (Å²) in [6, 6.07) is 14.0. The minimum Gasteiger partial charge on any atom is -0.349 e. The van der Waals surface area contributed by atoms with Crippen LogP contribution in [0.5, 0.6) is 0 Å².